The lowest BCUT2D eigenvalue weighted by Crippen LogP contribution is -2.31. The van der Waals surface area contributed by atoms with Gasteiger partial charge in [0, 0.05) is 30.7 Å². The molecule has 1 N–H and O–H groups in total. The molecule has 0 aliphatic rings. The maximum atomic E-state index is 12.8. The molecule has 0 spiro atoms. The van der Waals surface area contributed by atoms with Crippen molar-refractivity contribution in [3.63, 3.8) is 0 Å². The molecule has 0 radical (unpaired) electrons. The molecule has 3 rings (SSSR count). The predicted molar refractivity (Wildman–Crippen MR) is 97.2 cm³/mol. The normalized spacial score (nSPS) is 10.4. The smallest absolute Gasteiger partial charge is 0.259 e. The number of aryl methyl sites for hydroxylation is 1. The molecule has 0 saturated carbocycles. The lowest BCUT2D eigenvalue weighted by atomic mass is 10.1. The summed E-state index contributed by atoms with van der Waals surface area (Å²) >= 11 is 0. The minimum atomic E-state index is -0.414. The molecule has 0 saturated heterocycles. The van der Waals surface area contributed by atoms with Crippen LogP contribution in [-0.4, -0.2) is 28.5 Å². The summed E-state index contributed by atoms with van der Waals surface area (Å²) in [7, 11) is 0. The fourth-order valence-corrected chi connectivity index (χ4v) is 2.50. The number of anilines is 2. The first-order chi connectivity index (χ1) is 12.6. The summed E-state index contributed by atoms with van der Waals surface area (Å²) in [5.74, 6) is 0.258. The Morgan fingerprint density at radius 3 is 2.50 bits per heavy atom. The second-order valence-corrected chi connectivity index (χ2v) is 5.62. The van der Waals surface area contributed by atoms with Gasteiger partial charge in [-0.2, -0.15) is 0 Å². The van der Waals surface area contributed by atoms with Crippen LogP contribution in [0.25, 0.3) is 0 Å². The zero-order chi connectivity index (χ0) is 18.5. The van der Waals surface area contributed by atoms with Crippen molar-refractivity contribution in [3.8, 4) is 0 Å². The van der Waals surface area contributed by atoms with E-state index in [9.17, 15) is 9.59 Å². The van der Waals surface area contributed by atoms with Gasteiger partial charge in [-0.25, -0.2) is 0 Å². The highest BCUT2D eigenvalue weighted by atomic mass is 16.5. The molecule has 26 heavy (non-hydrogen) atoms. The monoisotopic (exact) mass is 350 g/mol. The quantitative estimate of drug-likeness (QED) is 0.763. The molecule has 2 aromatic heterocycles. The fourth-order valence-electron chi connectivity index (χ4n) is 2.50. The Hall–Kier alpha value is -3.48. The standard InChI is InChI=1S/C19H18N4O3/c1-3-23(16-7-5-4-6-8-16)19(25)15-10-14(11-20-12-15)18(24)21-17-9-13(2)26-22-17/h4-12H,3H2,1-2H3,(H,21,22,24). The number of amides is 2. The van der Waals surface area contributed by atoms with Crippen molar-refractivity contribution in [3.05, 3.63) is 71.7 Å². The highest BCUT2D eigenvalue weighted by molar-refractivity contribution is 6.09. The van der Waals surface area contributed by atoms with E-state index in [1.54, 1.807) is 17.9 Å². The third-order valence-corrected chi connectivity index (χ3v) is 3.75. The molecule has 7 nitrogen and oxygen atoms in total. The van der Waals surface area contributed by atoms with Crippen LogP contribution in [-0.2, 0) is 0 Å². The fraction of sp³-hybridized carbons (Fsp3) is 0.158. The molecule has 132 valence electrons. The van der Waals surface area contributed by atoms with Gasteiger partial charge in [-0.05, 0) is 32.0 Å². The molecular weight excluding hydrogens is 332 g/mol. The minimum absolute atomic E-state index is 0.224. The highest BCUT2D eigenvalue weighted by Gasteiger charge is 2.18. The molecule has 2 heterocycles. The number of para-hydroxylation sites is 1. The van der Waals surface area contributed by atoms with Crippen molar-refractivity contribution in [1.29, 1.82) is 0 Å². The molecule has 0 aliphatic heterocycles. The van der Waals surface area contributed by atoms with Gasteiger partial charge in [-0.15, -0.1) is 0 Å². The molecule has 0 aliphatic carbocycles. The van der Waals surface area contributed by atoms with Crippen LogP contribution in [0.15, 0.2) is 59.4 Å². The molecule has 0 unspecified atom stereocenters. The number of carbonyl (C=O) groups excluding carboxylic acids is 2. The van der Waals surface area contributed by atoms with E-state index in [1.165, 1.54) is 18.5 Å². The van der Waals surface area contributed by atoms with E-state index in [1.807, 2.05) is 37.3 Å². The van der Waals surface area contributed by atoms with E-state index < -0.39 is 5.91 Å². The van der Waals surface area contributed by atoms with Gasteiger partial charge in [-0.1, -0.05) is 23.4 Å². The molecule has 3 aromatic rings. The summed E-state index contributed by atoms with van der Waals surface area (Å²) in [4.78, 5) is 30.8. The summed E-state index contributed by atoms with van der Waals surface area (Å²) in [6.07, 6.45) is 2.85. The van der Waals surface area contributed by atoms with E-state index in [-0.39, 0.29) is 11.5 Å². The zero-order valence-corrected chi connectivity index (χ0v) is 14.5. The van der Waals surface area contributed by atoms with Crippen LogP contribution in [0.1, 0.15) is 33.4 Å². The zero-order valence-electron chi connectivity index (χ0n) is 14.5. The minimum Gasteiger partial charge on any atom is -0.360 e. The van der Waals surface area contributed by atoms with Gasteiger partial charge in [0.2, 0.25) is 0 Å². The van der Waals surface area contributed by atoms with Crippen LogP contribution >= 0.6 is 0 Å². The molecule has 0 bridgehead atoms. The Labute approximate surface area is 150 Å². The number of pyridine rings is 1. The summed E-state index contributed by atoms with van der Waals surface area (Å²) in [6.45, 7) is 4.12. The maximum absolute atomic E-state index is 12.8. The maximum Gasteiger partial charge on any atom is 0.259 e. The molecule has 0 atom stereocenters. The Balaban J connectivity index is 1.81. The Kier molecular flexibility index (Phi) is 5.07. The number of hydrogen-bond donors (Lipinski definition) is 1. The van der Waals surface area contributed by atoms with E-state index in [2.05, 4.69) is 15.5 Å². The van der Waals surface area contributed by atoms with Crippen molar-refractivity contribution in [2.24, 2.45) is 0 Å². The Morgan fingerprint density at radius 2 is 1.85 bits per heavy atom. The first-order valence-electron chi connectivity index (χ1n) is 8.15. The van der Waals surface area contributed by atoms with Gasteiger partial charge in [0.05, 0.1) is 11.1 Å². The summed E-state index contributed by atoms with van der Waals surface area (Å²) in [5.41, 5.74) is 1.38. The third-order valence-electron chi connectivity index (χ3n) is 3.75. The van der Waals surface area contributed by atoms with Crippen molar-refractivity contribution in [2.75, 3.05) is 16.8 Å². The van der Waals surface area contributed by atoms with Gasteiger partial charge in [0.15, 0.2) is 5.82 Å². The number of hydrogen-bond acceptors (Lipinski definition) is 5. The van der Waals surface area contributed by atoms with Crippen molar-refractivity contribution >= 4 is 23.3 Å². The third kappa shape index (κ3) is 3.77. The number of nitrogens with zero attached hydrogens (tertiary/aromatic N) is 3. The van der Waals surface area contributed by atoms with E-state index in [0.717, 1.165) is 5.69 Å². The number of aromatic nitrogens is 2. The van der Waals surface area contributed by atoms with Crippen LogP contribution in [0.3, 0.4) is 0 Å². The van der Waals surface area contributed by atoms with E-state index in [4.69, 9.17) is 4.52 Å². The van der Waals surface area contributed by atoms with Crippen LogP contribution in [0.5, 0.6) is 0 Å². The second-order valence-electron chi connectivity index (χ2n) is 5.62. The van der Waals surface area contributed by atoms with Crippen molar-refractivity contribution in [1.82, 2.24) is 10.1 Å². The van der Waals surface area contributed by atoms with Gasteiger partial charge in [-0.3, -0.25) is 14.6 Å². The average molecular weight is 350 g/mol. The summed E-state index contributed by atoms with van der Waals surface area (Å²) < 4.78 is 4.92. The summed E-state index contributed by atoms with van der Waals surface area (Å²) in [5, 5.41) is 6.33. The first-order valence-corrected chi connectivity index (χ1v) is 8.15. The number of benzene rings is 1. The van der Waals surface area contributed by atoms with Crippen LogP contribution in [0, 0.1) is 6.92 Å². The van der Waals surface area contributed by atoms with Crippen LogP contribution in [0.2, 0.25) is 0 Å². The van der Waals surface area contributed by atoms with Gasteiger partial charge in [0.25, 0.3) is 11.8 Å². The molecule has 1 aromatic carbocycles. The lowest BCUT2D eigenvalue weighted by molar-refractivity contribution is 0.0988. The largest absolute Gasteiger partial charge is 0.360 e. The molecule has 2 amide bonds. The van der Waals surface area contributed by atoms with Gasteiger partial charge >= 0.3 is 0 Å². The number of carbonyl (C=O) groups is 2. The SMILES string of the molecule is CCN(C(=O)c1cncc(C(=O)Nc2cc(C)on2)c1)c1ccccc1. The van der Waals surface area contributed by atoms with Crippen LogP contribution in [0.4, 0.5) is 11.5 Å². The van der Waals surface area contributed by atoms with Gasteiger partial charge in [0.1, 0.15) is 5.76 Å². The Bertz CT molecular complexity index is 921. The lowest BCUT2D eigenvalue weighted by Gasteiger charge is -2.21. The second kappa shape index (κ2) is 7.60. The van der Waals surface area contributed by atoms with Crippen molar-refractivity contribution in [2.45, 2.75) is 13.8 Å². The van der Waals surface area contributed by atoms with Crippen LogP contribution < -0.4 is 10.2 Å². The van der Waals surface area contributed by atoms with Gasteiger partial charge < -0.3 is 14.7 Å². The van der Waals surface area contributed by atoms with E-state index >= 15 is 0 Å². The summed E-state index contributed by atoms with van der Waals surface area (Å²) in [6, 6.07) is 12.5. The predicted octanol–water partition coefficient (Wildman–Crippen LogP) is 3.30. The van der Waals surface area contributed by atoms with Crippen molar-refractivity contribution < 1.29 is 14.1 Å². The molecule has 7 heteroatoms. The molecular formula is C19H18N4O3. The molecule has 0 fully saturated rings. The first kappa shape index (κ1) is 17.3. The average Bonchev–Trinajstić information content (AvgIpc) is 3.08. The highest BCUT2D eigenvalue weighted by Crippen LogP contribution is 2.17. The van der Waals surface area contributed by atoms with E-state index in [0.29, 0.717) is 23.7 Å². The topological polar surface area (TPSA) is 88.3 Å². The number of rotatable bonds is 5. The Morgan fingerprint density at radius 1 is 1.12 bits per heavy atom. The number of nitrogens with one attached hydrogen (secondary N) is 1.